The van der Waals surface area contributed by atoms with Crippen molar-refractivity contribution >= 4 is 0 Å². The van der Waals surface area contributed by atoms with Crippen LogP contribution in [0.25, 0.3) is 0 Å². The lowest BCUT2D eigenvalue weighted by atomic mass is 10.0. The molecule has 1 radical (unpaired) electrons. The third-order valence-electron chi connectivity index (χ3n) is 3.78. The zero-order chi connectivity index (χ0) is 14.0. The van der Waals surface area contributed by atoms with Gasteiger partial charge in [0.1, 0.15) is 0 Å². The lowest BCUT2D eigenvalue weighted by Crippen LogP contribution is -1.83. The maximum absolute atomic E-state index is 3.53. The van der Waals surface area contributed by atoms with E-state index in [9.17, 15) is 0 Å². The molecule has 0 heteroatoms. The van der Waals surface area contributed by atoms with Crippen LogP contribution in [-0.2, 0) is 0 Å². The average Bonchev–Trinajstić information content (AvgIpc) is 2.43. The third-order valence-corrected chi connectivity index (χ3v) is 3.78. The van der Waals surface area contributed by atoms with Crippen LogP contribution in [-0.4, -0.2) is 0 Å². The van der Waals surface area contributed by atoms with Gasteiger partial charge in [0, 0.05) is 13.3 Å². The second-order valence-corrected chi connectivity index (χ2v) is 5.70. The van der Waals surface area contributed by atoms with Crippen molar-refractivity contribution < 1.29 is 0 Å². The third kappa shape index (κ3) is 17.6. The summed E-state index contributed by atoms with van der Waals surface area (Å²) < 4.78 is 0. The number of unbranched alkanes of at least 4 members (excludes halogenated alkanes) is 14. The fraction of sp³-hybridized carbons (Fsp3) is 0.842. The Morgan fingerprint density at radius 3 is 1.32 bits per heavy atom. The summed E-state index contributed by atoms with van der Waals surface area (Å²) in [7, 11) is 0. The van der Waals surface area contributed by atoms with Crippen molar-refractivity contribution in [1.82, 2.24) is 0 Å². The Morgan fingerprint density at radius 2 is 0.947 bits per heavy atom. The maximum atomic E-state index is 3.53. The molecule has 0 aromatic carbocycles. The first-order valence-electron chi connectivity index (χ1n) is 8.66. The van der Waals surface area contributed by atoms with E-state index in [0.29, 0.717) is 0 Å². The van der Waals surface area contributed by atoms with Gasteiger partial charge >= 0.3 is 0 Å². The zero-order valence-electron chi connectivity index (χ0n) is 13.3. The molecule has 0 bridgehead atoms. The molecule has 0 fully saturated rings. The summed E-state index contributed by atoms with van der Waals surface area (Å²) in [5, 5.41) is 0. The van der Waals surface area contributed by atoms with Crippen molar-refractivity contribution in [2.24, 2.45) is 0 Å². The van der Waals surface area contributed by atoms with Gasteiger partial charge in [0.25, 0.3) is 0 Å². The summed E-state index contributed by atoms with van der Waals surface area (Å²) >= 11 is 0. The molecule has 0 saturated heterocycles. The van der Waals surface area contributed by atoms with Gasteiger partial charge in [-0.1, -0.05) is 90.4 Å². The Balaban J connectivity index is 2.92. The highest BCUT2D eigenvalue weighted by molar-refractivity contribution is 5.00. The van der Waals surface area contributed by atoms with Crippen LogP contribution < -0.4 is 0 Å². The predicted molar refractivity (Wildman–Crippen MR) is 88.1 cm³/mol. The van der Waals surface area contributed by atoms with Crippen LogP contribution in [0.3, 0.4) is 0 Å². The summed E-state index contributed by atoms with van der Waals surface area (Å²) in [4.78, 5) is 0. The van der Waals surface area contributed by atoms with Crippen LogP contribution in [0.2, 0.25) is 0 Å². The molecule has 0 nitrogen and oxygen atoms in total. The largest absolute Gasteiger partial charge is 0.103 e. The minimum Gasteiger partial charge on any atom is -0.103 e. The first-order valence-corrected chi connectivity index (χ1v) is 8.66. The molecule has 19 heavy (non-hydrogen) atoms. The molecule has 0 N–H and O–H groups in total. The van der Waals surface area contributed by atoms with E-state index in [4.69, 9.17) is 0 Å². The second kappa shape index (κ2) is 17.6. The maximum Gasteiger partial charge on any atom is 0.0198 e. The van der Waals surface area contributed by atoms with Gasteiger partial charge in [-0.3, -0.25) is 0 Å². The normalized spacial score (nSPS) is 10.2. The Labute approximate surface area is 122 Å². The Kier molecular flexibility index (Phi) is 17.2. The Morgan fingerprint density at radius 1 is 0.579 bits per heavy atom. The molecule has 0 heterocycles. The van der Waals surface area contributed by atoms with Crippen molar-refractivity contribution in [3.63, 3.8) is 0 Å². The molecule has 0 amide bonds. The fourth-order valence-electron chi connectivity index (χ4n) is 2.50. The van der Waals surface area contributed by atoms with Crippen LogP contribution in [0.4, 0.5) is 0 Å². The fourth-order valence-corrected chi connectivity index (χ4v) is 2.50. The van der Waals surface area contributed by atoms with Crippen molar-refractivity contribution in [2.45, 2.75) is 103 Å². The van der Waals surface area contributed by atoms with Crippen LogP contribution in [0, 0.1) is 18.8 Å². The van der Waals surface area contributed by atoms with E-state index < -0.39 is 0 Å². The van der Waals surface area contributed by atoms with E-state index in [-0.39, 0.29) is 0 Å². The molecule has 0 saturated carbocycles. The highest BCUT2D eigenvalue weighted by Crippen LogP contribution is 2.13. The van der Waals surface area contributed by atoms with Crippen molar-refractivity contribution in [3.8, 4) is 11.8 Å². The molecule has 0 aromatic heterocycles. The topological polar surface area (TPSA) is 0 Å². The summed E-state index contributed by atoms with van der Waals surface area (Å²) in [5.41, 5.74) is 0. The van der Waals surface area contributed by atoms with Crippen molar-refractivity contribution in [2.75, 3.05) is 0 Å². The monoisotopic (exact) mass is 263 g/mol. The first-order chi connectivity index (χ1) is 9.41. The van der Waals surface area contributed by atoms with E-state index in [1.807, 2.05) is 0 Å². The van der Waals surface area contributed by atoms with Gasteiger partial charge in [0.15, 0.2) is 0 Å². The van der Waals surface area contributed by atoms with E-state index >= 15 is 0 Å². The van der Waals surface area contributed by atoms with Crippen LogP contribution in [0.5, 0.6) is 0 Å². The zero-order valence-corrected chi connectivity index (χ0v) is 13.3. The molecule has 0 unspecified atom stereocenters. The van der Waals surface area contributed by atoms with E-state index in [1.54, 1.807) is 0 Å². The standard InChI is InChI=1S/C19H35/c1-3-5-7-9-11-13-15-17-19-18-16-14-12-10-8-6-4-2/h1,4,6-19H2,2H3. The van der Waals surface area contributed by atoms with Gasteiger partial charge in [0.2, 0.25) is 0 Å². The van der Waals surface area contributed by atoms with E-state index in [0.717, 1.165) is 6.42 Å². The summed E-state index contributed by atoms with van der Waals surface area (Å²) in [6.45, 7) is 5.81. The molecule has 0 rings (SSSR count). The molecule has 0 aliphatic heterocycles. The Bertz CT molecular complexity index is 206. The molecular formula is C19H35. The highest BCUT2D eigenvalue weighted by atomic mass is 14.0. The quantitative estimate of drug-likeness (QED) is 0.242. The van der Waals surface area contributed by atoms with Gasteiger partial charge in [-0.15, -0.1) is 11.8 Å². The second-order valence-electron chi connectivity index (χ2n) is 5.70. The lowest BCUT2D eigenvalue weighted by molar-refractivity contribution is 0.536. The van der Waals surface area contributed by atoms with Crippen molar-refractivity contribution in [1.29, 1.82) is 0 Å². The van der Waals surface area contributed by atoms with Crippen LogP contribution in [0.15, 0.2) is 0 Å². The molecular weight excluding hydrogens is 228 g/mol. The molecule has 0 aliphatic carbocycles. The lowest BCUT2D eigenvalue weighted by Gasteiger charge is -2.02. The SMILES string of the molecule is [CH2]C#CCCCCCCCCCCCCCCCC. The molecule has 111 valence electrons. The number of rotatable bonds is 14. The number of hydrogen-bond donors (Lipinski definition) is 0. The summed E-state index contributed by atoms with van der Waals surface area (Å²) in [6.07, 6.45) is 20.9. The van der Waals surface area contributed by atoms with Crippen molar-refractivity contribution in [3.05, 3.63) is 6.92 Å². The van der Waals surface area contributed by atoms with Crippen LogP contribution in [0.1, 0.15) is 103 Å². The summed E-state index contributed by atoms with van der Waals surface area (Å²) in [5.74, 6) is 5.74. The first kappa shape index (κ1) is 18.6. The molecule has 0 aromatic rings. The van der Waals surface area contributed by atoms with Gasteiger partial charge < -0.3 is 0 Å². The van der Waals surface area contributed by atoms with Gasteiger partial charge in [-0.05, 0) is 6.42 Å². The minimum absolute atomic E-state index is 1.04. The molecule has 0 aliphatic rings. The average molecular weight is 263 g/mol. The number of hydrogen-bond acceptors (Lipinski definition) is 0. The highest BCUT2D eigenvalue weighted by Gasteiger charge is 1.93. The Hall–Kier alpha value is -0.440. The van der Waals surface area contributed by atoms with E-state index in [1.165, 1.54) is 89.9 Å². The smallest absolute Gasteiger partial charge is 0.0198 e. The predicted octanol–water partition coefficient (Wildman–Crippen LogP) is 6.70. The molecule has 0 spiro atoms. The van der Waals surface area contributed by atoms with Gasteiger partial charge in [-0.25, -0.2) is 0 Å². The van der Waals surface area contributed by atoms with Gasteiger partial charge in [-0.2, -0.15) is 0 Å². The molecule has 0 atom stereocenters. The summed E-state index contributed by atoms with van der Waals surface area (Å²) in [6, 6.07) is 0. The van der Waals surface area contributed by atoms with Gasteiger partial charge in [0.05, 0.1) is 0 Å². The van der Waals surface area contributed by atoms with Crippen LogP contribution >= 0.6 is 0 Å². The minimum atomic E-state index is 1.04. The van der Waals surface area contributed by atoms with E-state index in [2.05, 4.69) is 25.7 Å².